The highest BCUT2D eigenvalue weighted by Crippen LogP contribution is 2.28. The first-order valence-corrected chi connectivity index (χ1v) is 8.74. The highest BCUT2D eigenvalue weighted by Gasteiger charge is 2.09. The van der Waals surface area contributed by atoms with Crippen LogP contribution in [0, 0.1) is 11.3 Å². The van der Waals surface area contributed by atoms with Crippen LogP contribution in [0.1, 0.15) is 50.7 Å². The molecular weight excluding hydrogens is 290 g/mol. The summed E-state index contributed by atoms with van der Waals surface area (Å²) in [7, 11) is 0. The molecule has 0 unspecified atom stereocenters. The molecule has 1 nitrogen and oxygen atoms in total. The van der Waals surface area contributed by atoms with Crippen LogP contribution in [0.15, 0.2) is 77.9 Å². The minimum atomic E-state index is 0.846. The van der Waals surface area contributed by atoms with Crippen molar-refractivity contribution >= 4 is 5.57 Å². The van der Waals surface area contributed by atoms with Crippen molar-refractivity contribution in [2.24, 2.45) is 0 Å². The molecule has 0 saturated heterocycles. The molecule has 0 spiro atoms. The molecule has 2 aromatic carbocycles. The Morgan fingerprint density at radius 2 is 1.33 bits per heavy atom. The Hall–Kier alpha value is -2.59. The van der Waals surface area contributed by atoms with E-state index in [1.807, 2.05) is 12.1 Å². The summed E-state index contributed by atoms with van der Waals surface area (Å²) in [5.41, 5.74) is 5.65. The van der Waals surface area contributed by atoms with Gasteiger partial charge in [0.25, 0.3) is 0 Å². The van der Waals surface area contributed by atoms with Crippen LogP contribution in [0.25, 0.3) is 5.57 Å². The van der Waals surface area contributed by atoms with E-state index in [0.29, 0.717) is 0 Å². The Kier molecular flexibility index (Phi) is 7.05. The van der Waals surface area contributed by atoms with Gasteiger partial charge in [0, 0.05) is 5.57 Å². The fourth-order valence-electron chi connectivity index (χ4n) is 2.86. The van der Waals surface area contributed by atoms with Crippen LogP contribution in [-0.4, -0.2) is 0 Å². The molecule has 0 aliphatic rings. The number of allylic oxidation sites excluding steroid dienone is 3. The summed E-state index contributed by atoms with van der Waals surface area (Å²) in [5.74, 6) is 0. The second-order valence-electron chi connectivity index (χ2n) is 5.91. The molecule has 0 radical (unpaired) electrons. The lowest BCUT2D eigenvalue weighted by Crippen LogP contribution is -1.93. The first kappa shape index (κ1) is 17.8. The summed E-state index contributed by atoms with van der Waals surface area (Å²) in [6.07, 6.45) is 6.04. The maximum atomic E-state index is 9.57. The van der Waals surface area contributed by atoms with Gasteiger partial charge in [-0.1, -0.05) is 87.4 Å². The predicted molar refractivity (Wildman–Crippen MR) is 102 cm³/mol. The van der Waals surface area contributed by atoms with Crippen LogP contribution in [0.3, 0.4) is 0 Å². The SMILES string of the molecule is CCC/C(C#N)=C(/C=C(c1ccccc1)c1ccccc1)CCC. The number of benzene rings is 2. The summed E-state index contributed by atoms with van der Waals surface area (Å²) in [5, 5.41) is 9.57. The van der Waals surface area contributed by atoms with Crippen molar-refractivity contribution in [1.29, 1.82) is 5.26 Å². The fraction of sp³-hybridized carbons (Fsp3) is 0.261. The molecule has 24 heavy (non-hydrogen) atoms. The second-order valence-corrected chi connectivity index (χ2v) is 5.91. The maximum absolute atomic E-state index is 9.57. The van der Waals surface area contributed by atoms with Gasteiger partial charge in [-0.3, -0.25) is 0 Å². The molecule has 2 rings (SSSR count). The van der Waals surface area contributed by atoms with Gasteiger partial charge in [-0.2, -0.15) is 5.26 Å². The van der Waals surface area contributed by atoms with Crippen molar-refractivity contribution < 1.29 is 0 Å². The van der Waals surface area contributed by atoms with Crippen molar-refractivity contribution in [3.8, 4) is 6.07 Å². The highest BCUT2D eigenvalue weighted by molar-refractivity contribution is 5.81. The monoisotopic (exact) mass is 315 g/mol. The van der Waals surface area contributed by atoms with Gasteiger partial charge in [0.05, 0.1) is 6.07 Å². The third-order valence-corrected chi connectivity index (χ3v) is 4.03. The zero-order valence-corrected chi connectivity index (χ0v) is 14.6. The maximum Gasteiger partial charge on any atom is 0.0949 e. The summed E-state index contributed by atoms with van der Waals surface area (Å²) in [4.78, 5) is 0. The molecule has 0 amide bonds. The van der Waals surface area contributed by atoms with Crippen molar-refractivity contribution in [3.05, 3.63) is 89.0 Å². The smallest absolute Gasteiger partial charge is 0.0949 e. The zero-order valence-electron chi connectivity index (χ0n) is 14.6. The van der Waals surface area contributed by atoms with Crippen LogP contribution < -0.4 is 0 Å². The van der Waals surface area contributed by atoms with E-state index in [1.54, 1.807) is 0 Å². The Morgan fingerprint density at radius 1 is 0.833 bits per heavy atom. The van der Waals surface area contributed by atoms with Gasteiger partial charge in [0.1, 0.15) is 0 Å². The quantitative estimate of drug-likeness (QED) is 0.420. The molecule has 0 aliphatic carbocycles. The lowest BCUT2D eigenvalue weighted by atomic mass is 9.92. The molecule has 0 aliphatic heterocycles. The third kappa shape index (κ3) is 4.70. The lowest BCUT2D eigenvalue weighted by molar-refractivity contribution is 0.872. The number of nitriles is 1. The predicted octanol–water partition coefficient (Wildman–Crippen LogP) is 6.54. The van der Waals surface area contributed by atoms with Gasteiger partial charge < -0.3 is 0 Å². The highest BCUT2D eigenvalue weighted by atomic mass is 14.3. The average molecular weight is 315 g/mol. The van der Waals surface area contributed by atoms with Gasteiger partial charge in [0.2, 0.25) is 0 Å². The summed E-state index contributed by atoms with van der Waals surface area (Å²) in [6, 6.07) is 23.3. The third-order valence-electron chi connectivity index (χ3n) is 4.03. The van der Waals surface area contributed by atoms with Crippen LogP contribution >= 0.6 is 0 Å². The van der Waals surface area contributed by atoms with E-state index in [4.69, 9.17) is 0 Å². The van der Waals surface area contributed by atoms with Crippen LogP contribution in [0.5, 0.6) is 0 Å². The molecule has 0 fully saturated rings. The molecular formula is C23H25N. The van der Waals surface area contributed by atoms with Gasteiger partial charge in [-0.05, 0) is 41.2 Å². The van der Waals surface area contributed by atoms with Crippen LogP contribution in [0.4, 0.5) is 0 Å². The summed E-state index contributed by atoms with van der Waals surface area (Å²) < 4.78 is 0. The van der Waals surface area contributed by atoms with Gasteiger partial charge >= 0.3 is 0 Å². The Morgan fingerprint density at radius 3 is 1.75 bits per heavy atom. The van der Waals surface area contributed by atoms with Gasteiger partial charge in [-0.15, -0.1) is 0 Å². The first-order chi connectivity index (χ1) is 11.8. The first-order valence-electron chi connectivity index (χ1n) is 8.74. The molecule has 2 aromatic rings. The van der Waals surface area contributed by atoms with Crippen molar-refractivity contribution in [2.75, 3.05) is 0 Å². The van der Waals surface area contributed by atoms with Crippen molar-refractivity contribution in [1.82, 2.24) is 0 Å². The van der Waals surface area contributed by atoms with Crippen molar-refractivity contribution in [2.45, 2.75) is 39.5 Å². The normalized spacial score (nSPS) is 11.4. The number of nitrogens with zero attached hydrogens (tertiary/aromatic N) is 1. The molecule has 122 valence electrons. The minimum Gasteiger partial charge on any atom is -0.193 e. The topological polar surface area (TPSA) is 23.8 Å². The zero-order chi connectivity index (χ0) is 17.2. The van der Waals surface area contributed by atoms with E-state index in [9.17, 15) is 5.26 Å². The molecule has 0 saturated carbocycles. The van der Waals surface area contributed by atoms with E-state index < -0.39 is 0 Å². The molecule has 0 bridgehead atoms. The molecule has 0 atom stereocenters. The van der Waals surface area contributed by atoms with Gasteiger partial charge in [-0.25, -0.2) is 0 Å². The Balaban J connectivity index is 2.60. The summed E-state index contributed by atoms with van der Waals surface area (Å²) in [6.45, 7) is 4.29. The molecule has 0 aromatic heterocycles. The van der Waals surface area contributed by atoms with Gasteiger partial charge in [0.15, 0.2) is 0 Å². The second kappa shape index (κ2) is 9.53. The van der Waals surface area contributed by atoms with Crippen LogP contribution in [0.2, 0.25) is 0 Å². The standard InChI is InChI=1S/C23H25N/c1-3-11-21(22(18-24)12-4-2)17-23(19-13-7-5-8-14-19)20-15-9-6-10-16-20/h5-10,13-17H,3-4,11-12H2,1-2H3/b22-21-. The lowest BCUT2D eigenvalue weighted by Gasteiger charge is -2.12. The van der Waals surface area contributed by atoms with E-state index in [-0.39, 0.29) is 0 Å². The van der Waals surface area contributed by atoms with Crippen molar-refractivity contribution in [3.63, 3.8) is 0 Å². The average Bonchev–Trinajstić information content (AvgIpc) is 2.65. The van der Waals surface area contributed by atoms with Crippen LogP contribution in [-0.2, 0) is 0 Å². The molecule has 0 heterocycles. The number of rotatable bonds is 7. The Labute approximate surface area is 146 Å². The van der Waals surface area contributed by atoms with E-state index in [2.05, 4.69) is 74.5 Å². The summed E-state index contributed by atoms with van der Waals surface area (Å²) >= 11 is 0. The van der Waals surface area contributed by atoms with E-state index in [1.165, 1.54) is 22.3 Å². The molecule has 0 N–H and O–H groups in total. The fourth-order valence-corrected chi connectivity index (χ4v) is 2.86. The number of hydrogen-bond acceptors (Lipinski definition) is 1. The Bertz CT molecular complexity index is 689. The van der Waals surface area contributed by atoms with E-state index in [0.717, 1.165) is 31.3 Å². The molecule has 1 heteroatoms. The van der Waals surface area contributed by atoms with E-state index >= 15 is 0 Å². The number of hydrogen-bond donors (Lipinski definition) is 0. The largest absolute Gasteiger partial charge is 0.193 e. The minimum absolute atomic E-state index is 0.846.